The number of hydrogen-bond acceptors (Lipinski definition) is 2. The second kappa shape index (κ2) is 3.31. The normalized spacial score (nSPS) is 17.7. The summed E-state index contributed by atoms with van der Waals surface area (Å²) in [6.07, 6.45) is 0. The van der Waals surface area contributed by atoms with E-state index < -0.39 is 0 Å². The zero-order valence-corrected chi connectivity index (χ0v) is 8.17. The van der Waals surface area contributed by atoms with Gasteiger partial charge in [-0.1, -0.05) is 48.5 Å². The molecule has 0 fully saturated rings. The Hall–Kier alpha value is -1.96. The molecule has 2 heteroatoms. The molecule has 1 aliphatic rings. The van der Waals surface area contributed by atoms with E-state index in [-0.39, 0.29) is 6.04 Å². The van der Waals surface area contributed by atoms with E-state index >= 15 is 0 Å². The van der Waals surface area contributed by atoms with Crippen LogP contribution in [0.1, 0.15) is 17.2 Å². The minimum atomic E-state index is 0.0856. The summed E-state index contributed by atoms with van der Waals surface area (Å²) in [4.78, 5) is 0. The molecule has 0 radical (unpaired) electrons. The van der Waals surface area contributed by atoms with Gasteiger partial charge >= 0.3 is 0 Å². The second-order valence-corrected chi connectivity index (χ2v) is 3.59. The summed E-state index contributed by atoms with van der Waals surface area (Å²) in [6, 6.07) is 18.5. The summed E-state index contributed by atoms with van der Waals surface area (Å²) in [5, 5.41) is 8.48. The van der Waals surface area contributed by atoms with Gasteiger partial charge in [-0.15, -0.1) is 0 Å². The van der Waals surface area contributed by atoms with E-state index in [1.54, 1.807) is 0 Å². The molecule has 0 saturated heterocycles. The van der Waals surface area contributed by atoms with Crippen molar-refractivity contribution in [3.63, 3.8) is 0 Å². The highest BCUT2D eigenvalue weighted by Gasteiger charge is 2.20. The Labute approximate surface area is 88.3 Å². The Kier molecular flexibility index (Phi) is 1.85. The maximum atomic E-state index is 4.30. The molecule has 0 aliphatic carbocycles. The van der Waals surface area contributed by atoms with Crippen LogP contribution in [0.3, 0.4) is 0 Å². The topological polar surface area (TPSA) is 24.7 Å². The number of rotatable bonds is 1. The van der Waals surface area contributed by atoms with Crippen molar-refractivity contribution in [3.8, 4) is 0 Å². The van der Waals surface area contributed by atoms with E-state index in [4.69, 9.17) is 0 Å². The van der Waals surface area contributed by atoms with Crippen LogP contribution in [0.15, 0.2) is 64.8 Å². The molecular weight excluding hydrogens is 184 g/mol. The van der Waals surface area contributed by atoms with Gasteiger partial charge in [0, 0.05) is 5.56 Å². The minimum absolute atomic E-state index is 0.0856. The Morgan fingerprint density at radius 1 is 0.800 bits per heavy atom. The van der Waals surface area contributed by atoms with Gasteiger partial charge in [0.05, 0.1) is 5.69 Å². The third-order valence-electron chi connectivity index (χ3n) is 2.63. The van der Waals surface area contributed by atoms with Gasteiger partial charge in [-0.2, -0.15) is 10.2 Å². The number of hydrogen-bond donors (Lipinski definition) is 0. The molecule has 0 spiro atoms. The van der Waals surface area contributed by atoms with Crippen LogP contribution in [0.2, 0.25) is 0 Å². The maximum absolute atomic E-state index is 4.30. The Morgan fingerprint density at radius 2 is 1.53 bits per heavy atom. The summed E-state index contributed by atoms with van der Waals surface area (Å²) < 4.78 is 0. The third kappa shape index (κ3) is 1.34. The van der Waals surface area contributed by atoms with Crippen LogP contribution >= 0.6 is 0 Å². The molecule has 1 aliphatic heterocycles. The van der Waals surface area contributed by atoms with Gasteiger partial charge in [0.1, 0.15) is 6.04 Å². The lowest BCUT2D eigenvalue weighted by atomic mass is 9.99. The van der Waals surface area contributed by atoms with Gasteiger partial charge in [0.25, 0.3) is 0 Å². The van der Waals surface area contributed by atoms with Crippen molar-refractivity contribution in [1.29, 1.82) is 0 Å². The van der Waals surface area contributed by atoms with Crippen molar-refractivity contribution >= 4 is 5.69 Å². The molecule has 2 aromatic carbocycles. The van der Waals surface area contributed by atoms with Crippen LogP contribution in [-0.2, 0) is 0 Å². The highest BCUT2D eigenvalue weighted by Crippen LogP contribution is 2.38. The number of nitrogens with zero attached hydrogens (tertiary/aromatic N) is 2. The second-order valence-electron chi connectivity index (χ2n) is 3.59. The van der Waals surface area contributed by atoms with Gasteiger partial charge in [-0.05, 0) is 11.6 Å². The zero-order chi connectivity index (χ0) is 10.1. The van der Waals surface area contributed by atoms with Crippen molar-refractivity contribution in [3.05, 3.63) is 65.7 Å². The van der Waals surface area contributed by atoms with Crippen LogP contribution < -0.4 is 0 Å². The van der Waals surface area contributed by atoms with Gasteiger partial charge < -0.3 is 0 Å². The molecule has 0 amide bonds. The minimum Gasteiger partial charge on any atom is -0.175 e. The smallest absolute Gasteiger partial charge is 0.123 e. The predicted molar refractivity (Wildman–Crippen MR) is 59.2 cm³/mol. The standard InChI is InChI=1S/C13H10N2/c1-2-6-10(7-3-1)13-11-8-4-5-9-12(11)14-15-13/h1-9,13H. The fourth-order valence-corrected chi connectivity index (χ4v) is 1.87. The first-order valence-corrected chi connectivity index (χ1v) is 5.00. The lowest BCUT2D eigenvalue weighted by molar-refractivity contribution is 0.862. The molecule has 0 bridgehead atoms. The lowest BCUT2D eigenvalue weighted by Crippen LogP contribution is -1.93. The summed E-state index contributed by atoms with van der Waals surface area (Å²) in [5.41, 5.74) is 3.39. The van der Waals surface area contributed by atoms with Crippen LogP contribution in [0.5, 0.6) is 0 Å². The molecule has 0 aromatic heterocycles. The van der Waals surface area contributed by atoms with Crippen LogP contribution in [0, 0.1) is 0 Å². The first-order valence-electron chi connectivity index (χ1n) is 5.00. The van der Waals surface area contributed by atoms with E-state index in [0.29, 0.717) is 0 Å². The summed E-state index contributed by atoms with van der Waals surface area (Å²) in [7, 11) is 0. The van der Waals surface area contributed by atoms with Crippen molar-refractivity contribution < 1.29 is 0 Å². The Bertz CT molecular complexity index is 503. The molecule has 1 heterocycles. The average molecular weight is 194 g/mol. The largest absolute Gasteiger partial charge is 0.175 e. The lowest BCUT2D eigenvalue weighted by Gasteiger charge is -2.07. The van der Waals surface area contributed by atoms with Gasteiger partial charge in [0.15, 0.2) is 0 Å². The quantitative estimate of drug-likeness (QED) is 0.658. The zero-order valence-electron chi connectivity index (χ0n) is 8.17. The molecule has 1 unspecified atom stereocenters. The highest BCUT2D eigenvalue weighted by atomic mass is 15.2. The summed E-state index contributed by atoms with van der Waals surface area (Å²) in [5.74, 6) is 0. The highest BCUT2D eigenvalue weighted by molar-refractivity contribution is 5.52. The fraction of sp³-hybridized carbons (Fsp3) is 0.0769. The summed E-state index contributed by atoms with van der Waals surface area (Å²) in [6.45, 7) is 0. The van der Waals surface area contributed by atoms with E-state index in [2.05, 4.69) is 28.4 Å². The van der Waals surface area contributed by atoms with Gasteiger partial charge in [-0.3, -0.25) is 0 Å². The van der Waals surface area contributed by atoms with Crippen molar-refractivity contribution in [2.45, 2.75) is 6.04 Å². The Morgan fingerprint density at radius 3 is 2.40 bits per heavy atom. The molecule has 1 atom stereocenters. The van der Waals surface area contributed by atoms with E-state index in [1.807, 2.05) is 36.4 Å². The molecular formula is C13H10N2. The van der Waals surface area contributed by atoms with Crippen LogP contribution in [0.25, 0.3) is 0 Å². The maximum Gasteiger partial charge on any atom is 0.123 e. The molecule has 3 rings (SSSR count). The molecule has 15 heavy (non-hydrogen) atoms. The number of fused-ring (bicyclic) bond motifs is 1. The first kappa shape index (κ1) is 8.36. The first-order chi connectivity index (χ1) is 7.45. The Balaban J connectivity index is 2.09. The van der Waals surface area contributed by atoms with Gasteiger partial charge in [0.2, 0.25) is 0 Å². The van der Waals surface area contributed by atoms with Gasteiger partial charge in [-0.25, -0.2) is 0 Å². The molecule has 2 aromatic rings. The van der Waals surface area contributed by atoms with E-state index in [9.17, 15) is 0 Å². The van der Waals surface area contributed by atoms with E-state index in [0.717, 1.165) is 5.69 Å². The summed E-state index contributed by atoms with van der Waals surface area (Å²) >= 11 is 0. The predicted octanol–water partition coefficient (Wildman–Crippen LogP) is 3.87. The van der Waals surface area contributed by atoms with Crippen molar-refractivity contribution in [2.24, 2.45) is 10.2 Å². The third-order valence-corrected chi connectivity index (χ3v) is 2.63. The van der Waals surface area contributed by atoms with Crippen LogP contribution in [0.4, 0.5) is 5.69 Å². The fourth-order valence-electron chi connectivity index (χ4n) is 1.87. The molecule has 0 N–H and O–H groups in total. The SMILES string of the molecule is c1ccc(C2N=Nc3ccccc32)cc1. The van der Waals surface area contributed by atoms with Crippen molar-refractivity contribution in [1.82, 2.24) is 0 Å². The van der Waals surface area contributed by atoms with Crippen LogP contribution in [-0.4, -0.2) is 0 Å². The number of azo groups is 1. The number of benzene rings is 2. The molecule has 72 valence electrons. The van der Waals surface area contributed by atoms with Crippen molar-refractivity contribution in [2.75, 3.05) is 0 Å². The molecule has 0 saturated carbocycles. The molecule has 2 nitrogen and oxygen atoms in total. The van der Waals surface area contributed by atoms with E-state index in [1.165, 1.54) is 11.1 Å². The monoisotopic (exact) mass is 194 g/mol. The average Bonchev–Trinajstić information content (AvgIpc) is 2.74.